The number of hydrogen-bond acceptors (Lipinski definition) is 4. The number of para-hydroxylation sites is 2. The van der Waals surface area contributed by atoms with Crippen LogP contribution in [0.5, 0.6) is 0 Å². The molecule has 0 saturated carbocycles. The van der Waals surface area contributed by atoms with Gasteiger partial charge in [-0.25, -0.2) is 13.4 Å². The highest BCUT2D eigenvalue weighted by Gasteiger charge is 2.11. The van der Waals surface area contributed by atoms with E-state index in [0.29, 0.717) is 24.2 Å². The van der Waals surface area contributed by atoms with E-state index in [2.05, 4.69) is 20.0 Å². The van der Waals surface area contributed by atoms with Gasteiger partial charge >= 0.3 is 0 Å². The molecule has 1 heterocycles. The Kier molecular flexibility index (Phi) is 4.94. The summed E-state index contributed by atoms with van der Waals surface area (Å²) in [6, 6.07) is 12.7. The van der Waals surface area contributed by atoms with E-state index in [-0.39, 0.29) is 5.91 Å². The second kappa shape index (κ2) is 7.17. The summed E-state index contributed by atoms with van der Waals surface area (Å²) in [7, 11) is -3.40. The van der Waals surface area contributed by atoms with Gasteiger partial charge in [-0.05, 0) is 36.8 Å². The summed E-state index contributed by atoms with van der Waals surface area (Å²) in [6.07, 6.45) is 1.65. The second-order valence-corrected chi connectivity index (χ2v) is 7.86. The van der Waals surface area contributed by atoms with E-state index >= 15 is 0 Å². The molecule has 3 N–H and O–H groups in total. The molecule has 8 heteroatoms. The van der Waals surface area contributed by atoms with Gasteiger partial charge in [0.1, 0.15) is 5.82 Å². The van der Waals surface area contributed by atoms with E-state index in [4.69, 9.17) is 0 Å². The Labute approximate surface area is 151 Å². The lowest BCUT2D eigenvalue weighted by molar-refractivity contribution is 0.0954. The Balaban J connectivity index is 1.63. The van der Waals surface area contributed by atoms with Gasteiger partial charge in [0.2, 0.25) is 10.0 Å². The zero-order chi connectivity index (χ0) is 18.7. The summed E-state index contributed by atoms with van der Waals surface area (Å²) in [4.78, 5) is 20.0. The number of imidazole rings is 1. The molecule has 7 nitrogen and oxygen atoms in total. The first-order valence-electron chi connectivity index (χ1n) is 8.12. The van der Waals surface area contributed by atoms with Crippen molar-refractivity contribution in [3.63, 3.8) is 0 Å². The van der Waals surface area contributed by atoms with E-state index in [0.717, 1.165) is 28.7 Å². The maximum atomic E-state index is 12.3. The number of fused-ring (bicyclic) bond motifs is 1. The molecule has 0 aliphatic carbocycles. The number of carbonyl (C=O) groups is 1. The van der Waals surface area contributed by atoms with Crippen molar-refractivity contribution in [3.05, 3.63) is 59.4 Å². The minimum absolute atomic E-state index is 0.266. The topological polar surface area (TPSA) is 104 Å². The van der Waals surface area contributed by atoms with Gasteiger partial charge in [0.25, 0.3) is 5.91 Å². The van der Waals surface area contributed by atoms with E-state index in [1.54, 1.807) is 19.1 Å². The number of carbonyl (C=O) groups excluding carboxylic acids is 1. The number of aryl methyl sites for hydroxylation is 1. The molecule has 0 saturated heterocycles. The first-order valence-corrected chi connectivity index (χ1v) is 10.0. The van der Waals surface area contributed by atoms with Crippen molar-refractivity contribution in [2.75, 3.05) is 17.5 Å². The van der Waals surface area contributed by atoms with Crippen LogP contribution >= 0.6 is 0 Å². The summed E-state index contributed by atoms with van der Waals surface area (Å²) >= 11 is 0. The first kappa shape index (κ1) is 17.9. The number of benzene rings is 2. The SMILES string of the molecule is Cc1ccc(C(=O)NCCc2nc3ccccc3[nH]2)cc1NS(C)(=O)=O. The Bertz CT molecular complexity index is 1020. The highest BCUT2D eigenvalue weighted by molar-refractivity contribution is 7.92. The van der Waals surface area contributed by atoms with Crippen LogP contribution in [0.4, 0.5) is 5.69 Å². The zero-order valence-corrected chi connectivity index (χ0v) is 15.4. The van der Waals surface area contributed by atoms with Gasteiger partial charge in [0.05, 0.1) is 23.0 Å². The average Bonchev–Trinajstić information content (AvgIpc) is 2.98. The minimum atomic E-state index is -3.40. The number of anilines is 1. The van der Waals surface area contributed by atoms with Crippen LogP contribution in [-0.4, -0.2) is 37.1 Å². The molecule has 136 valence electrons. The number of H-pyrrole nitrogens is 1. The van der Waals surface area contributed by atoms with Gasteiger partial charge in [-0.15, -0.1) is 0 Å². The fourth-order valence-electron chi connectivity index (χ4n) is 2.59. The highest BCUT2D eigenvalue weighted by atomic mass is 32.2. The number of nitrogens with one attached hydrogen (secondary N) is 3. The van der Waals surface area contributed by atoms with E-state index in [1.807, 2.05) is 24.3 Å². The van der Waals surface area contributed by atoms with Crippen molar-refractivity contribution < 1.29 is 13.2 Å². The maximum Gasteiger partial charge on any atom is 0.251 e. The minimum Gasteiger partial charge on any atom is -0.352 e. The lowest BCUT2D eigenvalue weighted by Gasteiger charge is -2.10. The number of aromatic amines is 1. The van der Waals surface area contributed by atoms with Crippen molar-refractivity contribution >= 4 is 32.7 Å². The van der Waals surface area contributed by atoms with E-state index in [9.17, 15) is 13.2 Å². The van der Waals surface area contributed by atoms with Crippen molar-refractivity contribution in [2.45, 2.75) is 13.3 Å². The molecule has 0 aliphatic heterocycles. The molecule has 1 amide bonds. The summed E-state index contributed by atoms with van der Waals surface area (Å²) in [5.74, 6) is 0.535. The number of hydrogen-bond donors (Lipinski definition) is 3. The molecule has 0 atom stereocenters. The number of aromatic nitrogens is 2. The summed E-state index contributed by atoms with van der Waals surface area (Å²) < 4.78 is 25.2. The lowest BCUT2D eigenvalue weighted by atomic mass is 10.1. The molecule has 2 aromatic carbocycles. The smallest absolute Gasteiger partial charge is 0.251 e. The van der Waals surface area contributed by atoms with Gasteiger partial charge < -0.3 is 10.3 Å². The number of nitrogens with zero attached hydrogens (tertiary/aromatic N) is 1. The lowest BCUT2D eigenvalue weighted by Crippen LogP contribution is -2.26. The fourth-order valence-corrected chi connectivity index (χ4v) is 3.21. The molecule has 3 aromatic rings. The van der Waals surface area contributed by atoms with Crippen molar-refractivity contribution in [1.82, 2.24) is 15.3 Å². The molecule has 0 spiro atoms. The Morgan fingerprint density at radius 3 is 2.69 bits per heavy atom. The summed E-state index contributed by atoms with van der Waals surface area (Å²) in [6.45, 7) is 2.19. The molecule has 1 aromatic heterocycles. The van der Waals surface area contributed by atoms with Gasteiger partial charge in [-0.2, -0.15) is 0 Å². The predicted octanol–water partition coefficient (Wildman–Crippen LogP) is 2.22. The van der Waals surface area contributed by atoms with Crippen LogP contribution in [0.25, 0.3) is 11.0 Å². The van der Waals surface area contributed by atoms with Crippen LogP contribution in [0.1, 0.15) is 21.7 Å². The normalized spacial score (nSPS) is 11.5. The number of amides is 1. The first-order chi connectivity index (χ1) is 12.3. The van der Waals surface area contributed by atoms with E-state index in [1.165, 1.54) is 6.07 Å². The predicted molar refractivity (Wildman–Crippen MR) is 102 cm³/mol. The molecule has 26 heavy (non-hydrogen) atoms. The molecular weight excluding hydrogens is 352 g/mol. The van der Waals surface area contributed by atoms with Crippen LogP contribution in [0.3, 0.4) is 0 Å². The highest BCUT2D eigenvalue weighted by Crippen LogP contribution is 2.18. The Morgan fingerprint density at radius 1 is 1.19 bits per heavy atom. The van der Waals surface area contributed by atoms with Crippen LogP contribution in [0.15, 0.2) is 42.5 Å². The summed E-state index contributed by atoms with van der Waals surface area (Å²) in [5.41, 5.74) is 3.39. The average molecular weight is 372 g/mol. The standard InChI is InChI=1S/C18H20N4O3S/c1-12-7-8-13(11-16(12)22-26(2,24)25)18(23)19-10-9-17-20-14-5-3-4-6-15(14)21-17/h3-8,11,22H,9-10H2,1-2H3,(H,19,23)(H,20,21). The molecule has 0 bridgehead atoms. The number of rotatable bonds is 6. The molecule has 0 radical (unpaired) electrons. The Hall–Kier alpha value is -2.87. The third-order valence-corrected chi connectivity index (χ3v) is 4.47. The molecule has 0 aliphatic rings. The zero-order valence-electron chi connectivity index (χ0n) is 14.5. The number of sulfonamides is 1. The van der Waals surface area contributed by atoms with Gasteiger partial charge in [0, 0.05) is 18.5 Å². The molecular formula is C18H20N4O3S. The maximum absolute atomic E-state index is 12.3. The van der Waals surface area contributed by atoms with Crippen LogP contribution in [0, 0.1) is 6.92 Å². The monoisotopic (exact) mass is 372 g/mol. The van der Waals surface area contributed by atoms with Crippen molar-refractivity contribution in [3.8, 4) is 0 Å². The molecule has 0 unspecified atom stereocenters. The molecule has 3 rings (SSSR count). The second-order valence-electron chi connectivity index (χ2n) is 6.11. The van der Waals surface area contributed by atoms with Gasteiger partial charge in [0.15, 0.2) is 0 Å². The van der Waals surface area contributed by atoms with Crippen molar-refractivity contribution in [1.29, 1.82) is 0 Å². The fraction of sp³-hybridized carbons (Fsp3) is 0.222. The van der Waals surface area contributed by atoms with E-state index < -0.39 is 10.0 Å². The Morgan fingerprint density at radius 2 is 1.96 bits per heavy atom. The largest absolute Gasteiger partial charge is 0.352 e. The van der Waals surface area contributed by atoms with Crippen LogP contribution in [0.2, 0.25) is 0 Å². The molecule has 0 fully saturated rings. The third-order valence-electron chi connectivity index (χ3n) is 3.88. The third kappa shape index (κ3) is 4.40. The van der Waals surface area contributed by atoms with Gasteiger partial charge in [-0.1, -0.05) is 18.2 Å². The van der Waals surface area contributed by atoms with Crippen molar-refractivity contribution in [2.24, 2.45) is 0 Å². The summed E-state index contributed by atoms with van der Waals surface area (Å²) in [5, 5.41) is 2.83. The van der Waals surface area contributed by atoms with Gasteiger partial charge in [-0.3, -0.25) is 9.52 Å². The quantitative estimate of drug-likeness (QED) is 0.617. The van der Waals surface area contributed by atoms with Crippen LogP contribution < -0.4 is 10.0 Å². The van der Waals surface area contributed by atoms with Crippen LogP contribution in [-0.2, 0) is 16.4 Å².